The topological polar surface area (TPSA) is 264 Å². The molecule has 37 heavy (non-hydrogen) atoms. The van der Waals surface area contributed by atoms with Crippen LogP contribution in [0.5, 0.6) is 0 Å². The van der Waals surface area contributed by atoms with E-state index < -0.39 is 54.0 Å². The highest BCUT2D eigenvalue weighted by Gasteiger charge is 2.32. The third kappa shape index (κ3) is 10.8. The van der Waals surface area contributed by atoms with Crippen molar-refractivity contribution in [3.05, 3.63) is 18.2 Å². The largest absolute Gasteiger partial charge is 0.480 e. The first-order valence-electron chi connectivity index (χ1n) is 12.0. The molecule has 0 fully saturated rings. The van der Waals surface area contributed by atoms with E-state index in [0.29, 0.717) is 18.5 Å². The molecule has 0 aliphatic rings. The number of amides is 3. The Bertz CT molecular complexity index is 918. The monoisotopic (exact) mass is 525 g/mol. The number of carbonyl (C=O) groups is 4. The summed E-state index contributed by atoms with van der Waals surface area (Å²) in [6, 6.07) is -4.79. The van der Waals surface area contributed by atoms with Crippen molar-refractivity contribution in [1.29, 1.82) is 0 Å². The molecule has 0 bridgehead atoms. The van der Waals surface area contributed by atoms with E-state index in [1.165, 1.54) is 19.4 Å². The van der Waals surface area contributed by atoms with Gasteiger partial charge in [-0.1, -0.05) is 20.3 Å². The van der Waals surface area contributed by atoms with Gasteiger partial charge in [0.25, 0.3) is 0 Å². The first-order chi connectivity index (χ1) is 17.4. The first-order valence-corrected chi connectivity index (χ1v) is 12.0. The number of aliphatic hydroxyl groups is 1. The van der Waals surface area contributed by atoms with Crippen LogP contribution in [0.3, 0.4) is 0 Å². The van der Waals surface area contributed by atoms with Gasteiger partial charge in [-0.15, -0.1) is 0 Å². The van der Waals surface area contributed by atoms with Gasteiger partial charge in [0.1, 0.15) is 24.2 Å². The van der Waals surface area contributed by atoms with Crippen molar-refractivity contribution in [2.24, 2.45) is 28.1 Å². The summed E-state index contributed by atoms with van der Waals surface area (Å²) in [4.78, 5) is 61.1. The van der Waals surface area contributed by atoms with Gasteiger partial charge >= 0.3 is 5.97 Å². The van der Waals surface area contributed by atoms with Crippen LogP contribution < -0.4 is 33.2 Å². The van der Waals surface area contributed by atoms with E-state index in [1.807, 2.05) is 0 Å². The molecule has 1 heterocycles. The lowest BCUT2D eigenvalue weighted by molar-refractivity contribution is -0.143. The fraction of sp³-hybridized carbons (Fsp3) is 0.636. The van der Waals surface area contributed by atoms with Crippen LogP contribution >= 0.6 is 0 Å². The molecule has 15 heteroatoms. The molecule has 6 unspecified atom stereocenters. The molecule has 208 valence electrons. The minimum Gasteiger partial charge on any atom is -0.480 e. The number of aliphatic imine (C=N–C) groups is 1. The predicted octanol–water partition coefficient (Wildman–Crippen LogP) is -2.70. The van der Waals surface area contributed by atoms with Gasteiger partial charge in [-0.25, -0.2) is 9.78 Å². The van der Waals surface area contributed by atoms with Crippen LogP contribution in [0.15, 0.2) is 17.5 Å². The molecule has 0 saturated carbocycles. The summed E-state index contributed by atoms with van der Waals surface area (Å²) in [5, 5.41) is 26.7. The van der Waals surface area contributed by atoms with Gasteiger partial charge in [0.05, 0.1) is 12.4 Å². The first kappa shape index (κ1) is 31.3. The number of carboxylic acid groups (broad SMARTS) is 1. The number of H-pyrrole nitrogens is 1. The van der Waals surface area contributed by atoms with E-state index in [0.717, 1.165) is 0 Å². The van der Waals surface area contributed by atoms with Crippen LogP contribution in [0.2, 0.25) is 0 Å². The van der Waals surface area contributed by atoms with Gasteiger partial charge in [-0.2, -0.15) is 0 Å². The number of aliphatic hydroxyl groups excluding tert-OH is 1. The standard InChI is InChI=1S/C22H39N9O6/c1-4-11(2)17(21(36)37)31-19(34)15(8-13-9-26-10-28-13)30-18(33)14(6-5-7-27-22(24)25)29-20(35)16(23)12(3)32/h9-12,14-17,32H,4-8,23H2,1-3H3,(H,26,28)(H,29,35)(H,30,33)(H,31,34)(H,36,37)(H4,24,25,27). The maximum absolute atomic E-state index is 13.2. The predicted molar refractivity (Wildman–Crippen MR) is 135 cm³/mol. The number of nitrogens with zero attached hydrogens (tertiary/aromatic N) is 2. The summed E-state index contributed by atoms with van der Waals surface area (Å²) in [5.41, 5.74) is 16.8. The molecule has 15 nitrogen and oxygen atoms in total. The van der Waals surface area contributed by atoms with E-state index in [2.05, 4.69) is 30.9 Å². The van der Waals surface area contributed by atoms with Gasteiger partial charge < -0.3 is 48.3 Å². The van der Waals surface area contributed by atoms with Gasteiger partial charge in [0.15, 0.2) is 5.96 Å². The number of nitrogens with one attached hydrogen (secondary N) is 4. The number of carboxylic acids is 1. The number of aliphatic carboxylic acids is 1. The van der Waals surface area contributed by atoms with E-state index >= 15 is 0 Å². The third-order valence-corrected chi connectivity index (χ3v) is 5.79. The Morgan fingerprint density at radius 3 is 2.22 bits per heavy atom. The van der Waals surface area contributed by atoms with Crippen molar-refractivity contribution in [3.63, 3.8) is 0 Å². The second kappa shape index (κ2) is 15.4. The van der Waals surface area contributed by atoms with Crippen molar-refractivity contribution < 1.29 is 29.4 Å². The summed E-state index contributed by atoms with van der Waals surface area (Å²) in [5.74, 6) is -3.91. The third-order valence-electron chi connectivity index (χ3n) is 5.79. The zero-order valence-corrected chi connectivity index (χ0v) is 21.3. The average molecular weight is 526 g/mol. The molecule has 0 aliphatic carbocycles. The highest BCUT2D eigenvalue weighted by Crippen LogP contribution is 2.10. The average Bonchev–Trinajstić information content (AvgIpc) is 3.35. The Kier molecular flexibility index (Phi) is 13.0. The van der Waals surface area contributed by atoms with Gasteiger partial charge in [-0.05, 0) is 25.7 Å². The van der Waals surface area contributed by atoms with Crippen LogP contribution in [0, 0.1) is 5.92 Å². The molecule has 0 saturated heterocycles. The summed E-state index contributed by atoms with van der Waals surface area (Å²) in [6.07, 6.45) is 2.56. The Morgan fingerprint density at radius 1 is 1.08 bits per heavy atom. The number of rotatable bonds is 16. The minimum atomic E-state index is -1.29. The highest BCUT2D eigenvalue weighted by molar-refractivity contribution is 5.94. The van der Waals surface area contributed by atoms with Crippen molar-refractivity contribution in [2.45, 2.75) is 76.7 Å². The summed E-state index contributed by atoms with van der Waals surface area (Å²) in [6.45, 7) is 5.00. The van der Waals surface area contributed by atoms with Crippen molar-refractivity contribution in [3.8, 4) is 0 Å². The van der Waals surface area contributed by atoms with Crippen molar-refractivity contribution >= 4 is 29.7 Å². The maximum atomic E-state index is 13.2. The second-order valence-electron chi connectivity index (χ2n) is 8.83. The number of aromatic amines is 1. The Balaban J connectivity index is 3.12. The van der Waals surface area contributed by atoms with Crippen LogP contribution in [-0.4, -0.2) is 86.6 Å². The number of nitrogens with two attached hydrogens (primary N) is 3. The lowest BCUT2D eigenvalue weighted by Gasteiger charge is -2.26. The number of imidazole rings is 1. The highest BCUT2D eigenvalue weighted by atomic mass is 16.4. The summed E-state index contributed by atoms with van der Waals surface area (Å²) < 4.78 is 0. The quantitative estimate of drug-likeness (QED) is 0.0612. The normalized spacial score (nSPS) is 15.8. The zero-order valence-electron chi connectivity index (χ0n) is 21.3. The summed E-state index contributed by atoms with van der Waals surface area (Å²) >= 11 is 0. The van der Waals surface area contributed by atoms with Crippen LogP contribution in [-0.2, 0) is 25.6 Å². The molecule has 6 atom stereocenters. The molecule has 1 aromatic rings. The second-order valence-corrected chi connectivity index (χ2v) is 8.83. The molecule has 3 amide bonds. The van der Waals surface area contributed by atoms with Crippen molar-refractivity contribution in [1.82, 2.24) is 25.9 Å². The number of hydrogen-bond acceptors (Lipinski definition) is 8. The molecule has 1 rings (SSSR count). The molecule has 0 spiro atoms. The maximum Gasteiger partial charge on any atom is 0.326 e. The van der Waals surface area contributed by atoms with Crippen LogP contribution in [0.4, 0.5) is 0 Å². The molecule has 12 N–H and O–H groups in total. The lowest BCUT2D eigenvalue weighted by atomic mass is 9.98. The number of carbonyl (C=O) groups excluding carboxylic acids is 3. The molecule has 0 aliphatic heterocycles. The number of guanidine groups is 1. The SMILES string of the molecule is CCC(C)C(NC(=O)C(Cc1cnc[nH]1)NC(=O)C(CCCN=C(N)N)NC(=O)C(N)C(C)O)C(=O)O. The molecule has 0 radical (unpaired) electrons. The summed E-state index contributed by atoms with van der Waals surface area (Å²) in [7, 11) is 0. The number of hydrogen-bond donors (Lipinski definition) is 9. The smallest absolute Gasteiger partial charge is 0.326 e. The molecular weight excluding hydrogens is 486 g/mol. The van der Waals surface area contributed by atoms with Crippen LogP contribution in [0.1, 0.15) is 45.7 Å². The fourth-order valence-electron chi connectivity index (χ4n) is 3.29. The number of aromatic nitrogens is 2. The molecule has 0 aromatic carbocycles. The van der Waals surface area contributed by atoms with E-state index in [4.69, 9.17) is 17.2 Å². The molecule has 1 aromatic heterocycles. The molecular formula is C22H39N9O6. The van der Waals surface area contributed by atoms with E-state index in [9.17, 15) is 29.4 Å². The van der Waals surface area contributed by atoms with E-state index in [-0.39, 0.29) is 31.3 Å². The van der Waals surface area contributed by atoms with Crippen molar-refractivity contribution in [2.75, 3.05) is 6.54 Å². The van der Waals surface area contributed by atoms with E-state index in [1.54, 1.807) is 13.8 Å². The van der Waals surface area contributed by atoms with Crippen LogP contribution in [0.25, 0.3) is 0 Å². The lowest BCUT2D eigenvalue weighted by Crippen LogP contribution is -2.59. The van der Waals surface area contributed by atoms with Gasteiger partial charge in [0, 0.05) is 24.9 Å². The Hall–Kier alpha value is -3.72. The van der Waals surface area contributed by atoms with Gasteiger partial charge in [0.2, 0.25) is 17.7 Å². The zero-order chi connectivity index (χ0) is 28.1. The van der Waals surface area contributed by atoms with Gasteiger partial charge in [-0.3, -0.25) is 19.4 Å². The Morgan fingerprint density at radius 2 is 1.70 bits per heavy atom. The Labute approximate surface area is 215 Å². The minimum absolute atomic E-state index is 0.0216. The fourth-order valence-corrected chi connectivity index (χ4v) is 3.29.